The van der Waals surface area contributed by atoms with Crippen molar-refractivity contribution >= 4 is 22.4 Å². The summed E-state index contributed by atoms with van der Waals surface area (Å²) in [4.78, 5) is 5.41. The van der Waals surface area contributed by atoms with E-state index in [1.165, 1.54) is 11.5 Å². The van der Waals surface area contributed by atoms with E-state index in [1.807, 2.05) is 24.3 Å². The number of hydrogen-bond acceptors (Lipinski definition) is 6. The Morgan fingerprint density at radius 2 is 2.10 bits per heavy atom. The Labute approximate surface area is 127 Å². The predicted molar refractivity (Wildman–Crippen MR) is 84.9 cm³/mol. The highest BCUT2D eigenvalue weighted by Gasteiger charge is 2.22. The van der Waals surface area contributed by atoms with Crippen LogP contribution in [0.15, 0.2) is 36.5 Å². The first kappa shape index (κ1) is 14.1. The number of nitrogens with one attached hydrogen (secondary N) is 1. The number of hydrazine groups is 1. The third kappa shape index (κ3) is 2.65. The van der Waals surface area contributed by atoms with Crippen molar-refractivity contribution in [3.05, 3.63) is 52.7 Å². The first-order valence-corrected chi connectivity index (χ1v) is 7.61. The van der Waals surface area contributed by atoms with Crippen molar-refractivity contribution in [2.24, 2.45) is 5.84 Å². The highest BCUT2D eigenvalue weighted by atomic mass is 32.1. The lowest BCUT2D eigenvalue weighted by Crippen LogP contribution is -2.29. The van der Waals surface area contributed by atoms with Crippen molar-refractivity contribution < 1.29 is 0 Å². The van der Waals surface area contributed by atoms with Gasteiger partial charge in [0.1, 0.15) is 0 Å². The molecule has 21 heavy (non-hydrogen) atoms. The van der Waals surface area contributed by atoms with Gasteiger partial charge in [-0.2, -0.15) is 0 Å². The topological polar surface area (TPSA) is 76.7 Å². The second kappa shape index (κ2) is 5.85. The number of aromatic nitrogens is 3. The summed E-state index contributed by atoms with van der Waals surface area (Å²) >= 11 is 1.39. The molecule has 0 aliphatic rings. The molecule has 6 heteroatoms. The summed E-state index contributed by atoms with van der Waals surface area (Å²) in [6.45, 7) is 4.22. The predicted octanol–water partition coefficient (Wildman–Crippen LogP) is 2.76. The molecule has 0 aliphatic heterocycles. The van der Waals surface area contributed by atoms with Gasteiger partial charge in [0.25, 0.3) is 0 Å². The van der Waals surface area contributed by atoms with Crippen molar-refractivity contribution in [3.8, 4) is 0 Å². The number of hydrogen-bond donors (Lipinski definition) is 2. The molecule has 0 spiro atoms. The van der Waals surface area contributed by atoms with Gasteiger partial charge < -0.3 is 0 Å². The van der Waals surface area contributed by atoms with E-state index in [-0.39, 0.29) is 6.04 Å². The molecule has 1 atom stereocenters. The Morgan fingerprint density at radius 3 is 2.86 bits per heavy atom. The second-order valence-corrected chi connectivity index (χ2v) is 6.02. The van der Waals surface area contributed by atoms with E-state index in [0.29, 0.717) is 5.92 Å². The number of pyridine rings is 1. The molecule has 5 nitrogen and oxygen atoms in total. The van der Waals surface area contributed by atoms with Crippen molar-refractivity contribution in [1.82, 2.24) is 20.0 Å². The summed E-state index contributed by atoms with van der Waals surface area (Å²) in [6, 6.07) is 10.0. The van der Waals surface area contributed by atoms with Gasteiger partial charge in [-0.25, -0.2) is 5.43 Å². The Hall–Kier alpha value is -1.89. The van der Waals surface area contributed by atoms with Crippen LogP contribution in [0.25, 0.3) is 10.9 Å². The molecule has 1 unspecified atom stereocenters. The fourth-order valence-corrected chi connectivity index (χ4v) is 3.30. The zero-order chi connectivity index (χ0) is 14.8. The Morgan fingerprint density at radius 1 is 1.24 bits per heavy atom. The third-order valence-corrected chi connectivity index (χ3v) is 4.28. The smallest absolute Gasteiger partial charge is 0.0838 e. The van der Waals surface area contributed by atoms with Crippen LogP contribution in [0, 0.1) is 0 Å². The van der Waals surface area contributed by atoms with E-state index in [1.54, 1.807) is 6.20 Å². The maximum atomic E-state index is 5.79. The van der Waals surface area contributed by atoms with Gasteiger partial charge in [0.15, 0.2) is 0 Å². The average Bonchev–Trinajstić information content (AvgIpc) is 2.97. The molecular weight excluding hydrogens is 282 g/mol. The number of fused-ring (bicyclic) bond motifs is 1. The van der Waals surface area contributed by atoms with Gasteiger partial charge in [0, 0.05) is 11.6 Å². The van der Waals surface area contributed by atoms with Gasteiger partial charge in [-0.1, -0.05) is 30.5 Å². The third-order valence-electron chi connectivity index (χ3n) is 3.48. The molecule has 0 aliphatic carbocycles. The lowest BCUT2D eigenvalue weighted by atomic mass is 9.99. The minimum Gasteiger partial charge on any atom is -0.271 e. The standard InChI is InChI=1S/C15H17N5S/c1-9(2)13-15(21-20-19-13)14(18-16)11-5-6-12-10(8-11)4-3-7-17-12/h3-9,14,18H,16H2,1-2H3. The first-order valence-electron chi connectivity index (χ1n) is 6.83. The van der Waals surface area contributed by atoms with Crippen LogP contribution in [0.2, 0.25) is 0 Å². The van der Waals surface area contributed by atoms with Crippen molar-refractivity contribution in [2.45, 2.75) is 25.8 Å². The van der Waals surface area contributed by atoms with E-state index in [4.69, 9.17) is 5.84 Å². The molecule has 2 heterocycles. The number of rotatable bonds is 4. The fraction of sp³-hybridized carbons (Fsp3) is 0.267. The molecule has 108 valence electrons. The first-order chi connectivity index (χ1) is 10.2. The largest absolute Gasteiger partial charge is 0.271 e. The van der Waals surface area contributed by atoms with E-state index >= 15 is 0 Å². The zero-order valence-corrected chi connectivity index (χ0v) is 12.8. The molecule has 0 amide bonds. The van der Waals surface area contributed by atoms with E-state index < -0.39 is 0 Å². The molecule has 1 aromatic carbocycles. The summed E-state index contributed by atoms with van der Waals surface area (Å²) in [5.41, 5.74) is 5.95. The zero-order valence-electron chi connectivity index (χ0n) is 11.9. The molecular formula is C15H17N5S. The van der Waals surface area contributed by atoms with Crippen LogP contribution in [0.4, 0.5) is 0 Å². The molecule has 2 aromatic heterocycles. The monoisotopic (exact) mass is 299 g/mol. The molecule has 0 saturated heterocycles. The van der Waals surface area contributed by atoms with E-state index in [9.17, 15) is 0 Å². The summed E-state index contributed by atoms with van der Waals surface area (Å²) in [6.07, 6.45) is 1.80. The highest BCUT2D eigenvalue weighted by Crippen LogP contribution is 2.31. The summed E-state index contributed by atoms with van der Waals surface area (Å²) in [5.74, 6) is 6.11. The fourth-order valence-electron chi connectivity index (χ4n) is 2.40. The SMILES string of the molecule is CC(C)c1nnsc1C(NN)c1ccc2ncccc2c1. The summed E-state index contributed by atoms with van der Waals surface area (Å²) in [5, 5.41) is 5.33. The van der Waals surface area contributed by atoms with Crippen molar-refractivity contribution in [3.63, 3.8) is 0 Å². The number of nitrogens with two attached hydrogens (primary N) is 1. The Bertz CT molecular complexity index is 752. The van der Waals surface area contributed by atoms with Crippen LogP contribution in [0.1, 0.15) is 41.9 Å². The molecule has 3 N–H and O–H groups in total. The van der Waals surface area contributed by atoms with Gasteiger partial charge in [-0.3, -0.25) is 10.8 Å². The van der Waals surface area contributed by atoms with Crippen LogP contribution in [0.5, 0.6) is 0 Å². The Balaban J connectivity index is 2.07. The van der Waals surface area contributed by atoms with Crippen molar-refractivity contribution in [1.29, 1.82) is 0 Å². The molecule has 0 radical (unpaired) electrons. The van der Waals surface area contributed by atoms with Crippen LogP contribution in [-0.2, 0) is 0 Å². The van der Waals surface area contributed by atoms with Gasteiger partial charge >= 0.3 is 0 Å². The lowest BCUT2D eigenvalue weighted by molar-refractivity contribution is 0.632. The number of benzene rings is 1. The van der Waals surface area contributed by atoms with Gasteiger partial charge in [0.2, 0.25) is 0 Å². The minimum absolute atomic E-state index is 0.105. The molecule has 0 fully saturated rings. The maximum Gasteiger partial charge on any atom is 0.0838 e. The number of nitrogens with zero attached hydrogens (tertiary/aromatic N) is 3. The van der Waals surface area contributed by atoms with Crippen LogP contribution in [0.3, 0.4) is 0 Å². The molecule has 3 aromatic rings. The van der Waals surface area contributed by atoms with Crippen LogP contribution < -0.4 is 11.3 Å². The average molecular weight is 299 g/mol. The van der Waals surface area contributed by atoms with E-state index in [2.05, 4.69) is 39.9 Å². The lowest BCUT2D eigenvalue weighted by Gasteiger charge is -2.17. The maximum absolute atomic E-state index is 5.79. The van der Waals surface area contributed by atoms with Gasteiger partial charge in [-0.15, -0.1) is 5.10 Å². The normalized spacial score (nSPS) is 13.0. The van der Waals surface area contributed by atoms with Gasteiger partial charge in [0.05, 0.1) is 22.1 Å². The highest BCUT2D eigenvalue weighted by molar-refractivity contribution is 7.05. The van der Waals surface area contributed by atoms with E-state index in [0.717, 1.165) is 27.0 Å². The summed E-state index contributed by atoms with van der Waals surface area (Å²) in [7, 11) is 0. The van der Waals surface area contributed by atoms with Crippen LogP contribution in [-0.4, -0.2) is 14.6 Å². The molecule has 0 bridgehead atoms. The minimum atomic E-state index is -0.105. The van der Waals surface area contributed by atoms with Gasteiger partial charge in [-0.05, 0) is 41.2 Å². The Kier molecular flexibility index (Phi) is 3.92. The van der Waals surface area contributed by atoms with Crippen LogP contribution >= 0.6 is 11.5 Å². The second-order valence-electron chi connectivity index (χ2n) is 5.23. The van der Waals surface area contributed by atoms with Crippen molar-refractivity contribution in [2.75, 3.05) is 0 Å². The quantitative estimate of drug-likeness (QED) is 0.572. The molecule has 0 saturated carbocycles. The summed E-state index contributed by atoms with van der Waals surface area (Å²) < 4.78 is 4.08. The molecule has 3 rings (SSSR count).